The van der Waals surface area contributed by atoms with Crippen molar-refractivity contribution in [3.8, 4) is 0 Å². The third-order valence-corrected chi connectivity index (χ3v) is 3.34. The number of aromatic nitrogens is 2. The summed E-state index contributed by atoms with van der Waals surface area (Å²) in [7, 11) is 0. The fourth-order valence-electron chi connectivity index (χ4n) is 2.42. The van der Waals surface area contributed by atoms with E-state index in [0.29, 0.717) is 11.3 Å². The first-order valence-electron chi connectivity index (χ1n) is 6.12. The average molecular weight is 264 g/mol. The molecule has 0 radical (unpaired) electrons. The summed E-state index contributed by atoms with van der Waals surface area (Å²) in [5.41, 5.74) is 0.520. The second-order valence-corrected chi connectivity index (χ2v) is 4.79. The second-order valence-electron chi connectivity index (χ2n) is 4.79. The number of ether oxygens (including phenoxy) is 1. The molecule has 0 amide bonds. The maximum Gasteiger partial charge on any atom is 0.338 e. The van der Waals surface area contributed by atoms with Crippen LogP contribution in [0.2, 0.25) is 0 Å². The molecule has 2 heterocycles. The maximum atomic E-state index is 13.4. The van der Waals surface area contributed by atoms with Crippen LogP contribution in [-0.4, -0.2) is 27.1 Å². The van der Waals surface area contributed by atoms with E-state index >= 15 is 0 Å². The highest BCUT2D eigenvalue weighted by Gasteiger charge is 2.27. The number of aromatic carboxylic acids is 1. The lowest BCUT2D eigenvalue weighted by Crippen LogP contribution is -2.02. The number of nitrogens with one attached hydrogen (secondary N) is 1. The number of rotatable bonds is 2. The second kappa shape index (κ2) is 4.31. The Morgan fingerprint density at radius 2 is 2.32 bits per heavy atom. The molecule has 1 saturated heterocycles. The van der Waals surface area contributed by atoms with Gasteiger partial charge in [-0.2, -0.15) is 0 Å². The Morgan fingerprint density at radius 3 is 2.95 bits per heavy atom. The summed E-state index contributed by atoms with van der Waals surface area (Å²) in [5, 5.41) is 9.07. The Bertz CT molecular complexity index is 653. The molecule has 6 heteroatoms. The van der Waals surface area contributed by atoms with Gasteiger partial charge in [-0.15, -0.1) is 0 Å². The van der Waals surface area contributed by atoms with Gasteiger partial charge in [0.1, 0.15) is 23.3 Å². The van der Waals surface area contributed by atoms with Crippen molar-refractivity contribution in [3.63, 3.8) is 0 Å². The minimum atomic E-state index is -1.19. The third-order valence-electron chi connectivity index (χ3n) is 3.34. The van der Waals surface area contributed by atoms with Gasteiger partial charge in [0.15, 0.2) is 0 Å². The Kier molecular flexibility index (Phi) is 2.74. The Balaban J connectivity index is 2.10. The van der Waals surface area contributed by atoms with Crippen LogP contribution in [0.25, 0.3) is 11.0 Å². The molecular formula is C13H13FN2O3. The molecule has 100 valence electrons. The molecule has 2 aromatic rings. The maximum absolute atomic E-state index is 13.4. The minimum absolute atomic E-state index is 0.136. The van der Waals surface area contributed by atoms with E-state index in [9.17, 15) is 9.18 Å². The fourth-order valence-corrected chi connectivity index (χ4v) is 2.42. The van der Waals surface area contributed by atoms with Gasteiger partial charge >= 0.3 is 5.97 Å². The van der Waals surface area contributed by atoms with E-state index in [1.54, 1.807) is 0 Å². The lowest BCUT2D eigenvalue weighted by atomic mass is 10.2. The van der Waals surface area contributed by atoms with Crippen LogP contribution in [0, 0.1) is 5.82 Å². The summed E-state index contributed by atoms with van der Waals surface area (Å²) in [6.45, 7) is 1.98. The van der Waals surface area contributed by atoms with E-state index in [-0.39, 0.29) is 23.3 Å². The molecule has 0 spiro atoms. The first-order chi connectivity index (χ1) is 9.04. The molecule has 1 aromatic carbocycles. The number of aromatic amines is 1. The molecule has 1 aliphatic heterocycles. The van der Waals surface area contributed by atoms with Crippen LogP contribution in [0.5, 0.6) is 0 Å². The SMILES string of the molecule is CC1CCC(c2nc3c(C(=O)O)cc(F)cc3[nH]2)O1. The van der Waals surface area contributed by atoms with Crippen LogP contribution in [0.3, 0.4) is 0 Å². The van der Waals surface area contributed by atoms with Crippen LogP contribution in [0.1, 0.15) is 42.1 Å². The molecular weight excluding hydrogens is 251 g/mol. The standard InChI is InChI=1S/C13H13FN2O3/c1-6-2-3-10(19-6)12-15-9-5-7(14)4-8(13(17)18)11(9)16-12/h4-6,10H,2-3H2,1H3,(H,15,16)(H,17,18). The van der Waals surface area contributed by atoms with E-state index in [1.165, 1.54) is 6.07 Å². The normalized spacial score (nSPS) is 23.1. The Labute approximate surface area is 108 Å². The first-order valence-corrected chi connectivity index (χ1v) is 6.12. The van der Waals surface area contributed by atoms with Gasteiger partial charge in [-0.3, -0.25) is 0 Å². The number of carboxylic acids is 1. The first kappa shape index (κ1) is 12.1. The highest BCUT2D eigenvalue weighted by molar-refractivity contribution is 6.00. The number of hydrogen-bond acceptors (Lipinski definition) is 3. The lowest BCUT2D eigenvalue weighted by Gasteiger charge is -2.06. The molecule has 0 bridgehead atoms. The van der Waals surface area contributed by atoms with E-state index < -0.39 is 11.8 Å². The van der Waals surface area contributed by atoms with Crippen LogP contribution < -0.4 is 0 Å². The number of halogens is 1. The van der Waals surface area contributed by atoms with E-state index in [1.807, 2.05) is 6.92 Å². The van der Waals surface area contributed by atoms with Gasteiger partial charge in [0.25, 0.3) is 0 Å². The molecule has 2 unspecified atom stereocenters. The van der Waals surface area contributed by atoms with Gasteiger partial charge in [0.05, 0.1) is 17.2 Å². The molecule has 3 rings (SSSR count). The third kappa shape index (κ3) is 2.08. The fraction of sp³-hybridized carbons (Fsp3) is 0.385. The van der Waals surface area contributed by atoms with Crippen molar-refractivity contribution >= 4 is 17.0 Å². The molecule has 5 nitrogen and oxygen atoms in total. The molecule has 0 saturated carbocycles. The van der Waals surface area contributed by atoms with Gasteiger partial charge in [0, 0.05) is 0 Å². The van der Waals surface area contributed by atoms with Crippen LogP contribution >= 0.6 is 0 Å². The predicted octanol–water partition coefficient (Wildman–Crippen LogP) is 2.64. The summed E-state index contributed by atoms with van der Waals surface area (Å²) < 4.78 is 19.0. The van der Waals surface area contributed by atoms with Crippen LogP contribution in [0.4, 0.5) is 4.39 Å². The van der Waals surface area contributed by atoms with Gasteiger partial charge in [0.2, 0.25) is 0 Å². The van der Waals surface area contributed by atoms with Crippen molar-refractivity contribution < 1.29 is 19.0 Å². The average Bonchev–Trinajstić information content (AvgIpc) is 2.93. The predicted molar refractivity (Wildman–Crippen MR) is 65.5 cm³/mol. The topological polar surface area (TPSA) is 75.2 Å². The Hall–Kier alpha value is -1.95. The number of carbonyl (C=O) groups is 1. The monoisotopic (exact) mass is 264 g/mol. The van der Waals surface area contributed by atoms with Crippen molar-refractivity contribution in [3.05, 3.63) is 29.3 Å². The molecule has 0 aliphatic carbocycles. The number of fused-ring (bicyclic) bond motifs is 1. The van der Waals surface area contributed by atoms with Gasteiger partial charge in [-0.1, -0.05) is 0 Å². The molecule has 2 atom stereocenters. The van der Waals surface area contributed by atoms with Crippen molar-refractivity contribution in [2.24, 2.45) is 0 Å². The van der Waals surface area contributed by atoms with Gasteiger partial charge in [-0.05, 0) is 31.9 Å². The minimum Gasteiger partial charge on any atom is -0.478 e. The number of nitrogens with zero attached hydrogens (tertiary/aromatic N) is 1. The van der Waals surface area contributed by atoms with E-state index in [2.05, 4.69) is 9.97 Å². The van der Waals surface area contributed by atoms with Crippen LogP contribution in [-0.2, 0) is 4.74 Å². The molecule has 1 fully saturated rings. The van der Waals surface area contributed by atoms with E-state index in [0.717, 1.165) is 18.9 Å². The molecule has 1 aliphatic rings. The van der Waals surface area contributed by atoms with Crippen molar-refractivity contribution in [1.82, 2.24) is 9.97 Å². The molecule has 1 aromatic heterocycles. The van der Waals surface area contributed by atoms with Crippen molar-refractivity contribution in [2.45, 2.75) is 32.0 Å². The summed E-state index contributed by atoms with van der Waals surface area (Å²) in [4.78, 5) is 18.3. The number of benzene rings is 1. The lowest BCUT2D eigenvalue weighted by molar-refractivity contribution is 0.0509. The number of H-pyrrole nitrogens is 1. The van der Waals surface area contributed by atoms with E-state index in [4.69, 9.17) is 9.84 Å². The Morgan fingerprint density at radius 1 is 1.53 bits per heavy atom. The van der Waals surface area contributed by atoms with Crippen LogP contribution in [0.15, 0.2) is 12.1 Å². The summed E-state index contributed by atoms with van der Waals surface area (Å²) in [6, 6.07) is 2.23. The summed E-state index contributed by atoms with van der Waals surface area (Å²) in [5.74, 6) is -1.23. The highest BCUT2D eigenvalue weighted by atomic mass is 19.1. The summed E-state index contributed by atoms with van der Waals surface area (Å²) in [6.07, 6.45) is 1.74. The smallest absolute Gasteiger partial charge is 0.338 e. The molecule has 19 heavy (non-hydrogen) atoms. The number of carboxylic acid groups (broad SMARTS) is 1. The number of hydrogen-bond donors (Lipinski definition) is 2. The van der Waals surface area contributed by atoms with Crippen molar-refractivity contribution in [2.75, 3.05) is 0 Å². The highest BCUT2D eigenvalue weighted by Crippen LogP contribution is 2.32. The zero-order valence-corrected chi connectivity index (χ0v) is 10.3. The number of imidazole rings is 1. The molecule has 2 N–H and O–H groups in total. The van der Waals surface area contributed by atoms with Gasteiger partial charge in [-0.25, -0.2) is 14.2 Å². The zero-order valence-electron chi connectivity index (χ0n) is 10.3. The quantitative estimate of drug-likeness (QED) is 0.874. The zero-order chi connectivity index (χ0) is 13.6. The van der Waals surface area contributed by atoms with Gasteiger partial charge < -0.3 is 14.8 Å². The largest absolute Gasteiger partial charge is 0.478 e. The van der Waals surface area contributed by atoms with Crippen molar-refractivity contribution in [1.29, 1.82) is 0 Å². The summed E-state index contributed by atoms with van der Waals surface area (Å²) >= 11 is 0.